The maximum atomic E-state index is 13.1. The van der Waals surface area contributed by atoms with Crippen molar-refractivity contribution >= 4 is 33.4 Å². The summed E-state index contributed by atoms with van der Waals surface area (Å²) in [6.07, 6.45) is 4.28. The molecule has 2 aromatic heterocycles. The monoisotopic (exact) mass is 437 g/mol. The number of fused-ring (bicyclic) bond motifs is 4. The second kappa shape index (κ2) is 8.01. The summed E-state index contributed by atoms with van der Waals surface area (Å²) in [7, 11) is 0. The molecule has 7 nitrogen and oxygen atoms in total. The Morgan fingerprint density at radius 1 is 1.00 bits per heavy atom. The van der Waals surface area contributed by atoms with Gasteiger partial charge in [0.2, 0.25) is 0 Å². The van der Waals surface area contributed by atoms with Crippen LogP contribution in [0.4, 0.5) is 0 Å². The van der Waals surface area contributed by atoms with Gasteiger partial charge in [-0.25, -0.2) is 4.98 Å². The summed E-state index contributed by atoms with van der Waals surface area (Å²) in [5.41, 5.74) is 2.07. The maximum Gasteiger partial charge on any atom is 0.262 e. The minimum atomic E-state index is -0.284. The molecule has 160 valence electrons. The molecule has 31 heavy (non-hydrogen) atoms. The summed E-state index contributed by atoms with van der Waals surface area (Å²) >= 11 is 1.65. The van der Waals surface area contributed by atoms with Crippen LogP contribution in [-0.4, -0.2) is 46.0 Å². The SMILES string of the molecule is Cc1nc2sc3c(c2c(=O)n1CCOCCN1C(=O)c2ccccc2C1=O)CCCC3. The maximum absolute atomic E-state index is 13.1. The quantitative estimate of drug-likeness (QED) is 0.437. The van der Waals surface area contributed by atoms with E-state index in [1.807, 2.05) is 6.92 Å². The van der Waals surface area contributed by atoms with Crippen LogP contribution in [0.1, 0.15) is 49.8 Å². The summed E-state index contributed by atoms with van der Waals surface area (Å²) < 4.78 is 7.35. The predicted molar refractivity (Wildman–Crippen MR) is 118 cm³/mol. The van der Waals surface area contributed by atoms with Crippen LogP contribution in [0.2, 0.25) is 0 Å². The molecule has 1 aromatic carbocycles. The van der Waals surface area contributed by atoms with Gasteiger partial charge in [0.25, 0.3) is 17.4 Å². The van der Waals surface area contributed by atoms with Crippen molar-refractivity contribution in [1.29, 1.82) is 0 Å². The van der Waals surface area contributed by atoms with E-state index in [2.05, 4.69) is 4.98 Å². The van der Waals surface area contributed by atoms with Crippen LogP contribution < -0.4 is 5.56 Å². The highest BCUT2D eigenvalue weighted by Crippen LogP contribution is 2.33. The van der Waals surface area contributed by atoms with Crippen molar-refractivity contribution in [1.82, 2.24) is 14.5 Å². The largest absolute Gasteiger partial charge is 0.378 e. The van der Waals surface area contributed by atoms with Crippen molar-refractivity contribution in [2.75, 3.05) is 19.8 Å². The van der Waals surface area contributed by atoms with Crippen LogP contribution in [0.25, 0.3) is 10.2 Å². The van der Waals surface area contributed by atoms with E-state index in [1.165, 1.54) is 21.8 Å². The average molecular weight is 438 g/mol. The molecule has 8 heteroatoms. The van der Waals surface area contributed by atoms with Crippen molar-refractivity contribution < 1.29 is 14.3 Å². The van der Waals surface area contributed by atoms with Crippen molar-refractivity contribution in [2.24, 2.45) is 0 Å². The van der Waals surface area contributed by atoms with E-state index >= 15 is 0 Å². The van der Waals surface area contributed by atoms with Gasteiger partial charge in [0.05, 0.1) is 42.8 Å². The van der Waals surface area contributed by atoms with Gasteiger partial charge in [-0.1, -0.05) is 12.1 Å². The molecule has 0 atom stereocenters. The first-order chi connectivity index (χ1) is 15.1. The first kappa shape index (κ1) is 20.1. The van der Waals surface area contributed by atoms with E-state index in [4.69, 9.17) is 4.74 Å². The molecule has 0 saturated carbocycles. The minimum absolute atomic E-state index is 0.00541. The van der Waals surface area contributed by atoms with Gasteiger partial charge in [-0.2, -0.15) is 0 Å². The topological polar surface area (TPSA) is 81.5 Å². The van der Waals surface area contributed by atoms with Crippen LogP contribution in [0.3, 0.4) is 0 Å². The highest BCUT2D eigenvalue weighted by Gasteiger charge is 2.34. The second-order valence-corrected chi connectivity index (χ2v) is 9.01. The van der Waals surface area contributed by atoms with Gasteiger partial charge in [-0.15, -0.1) is 11.3 Å². The summed E-state index contributed by atoms with van der Waals surface area (Å²) in [5, 5.41) is 0.774. The lowest BCUT2D eigenvalue weighted by Crippen LogP contribution is -2.33. The van der Waals surface area contributed by atoms with Crippen LogP contribution in [-0.2, 0) is 24.1 Å². The van der Waals surface area contributed by atoms with Gasteiger partial charge in [0, 0.05) is 4.88 Å². The molecule has 0 bridgehead atoms. The van der Waals surface area contributed by atoms with Crippen molar-refractivity contribution in [3.8, 4) is 0 Å². The Hall–Kier alpha value is -2.84. The molecule has 0 unspecified atom stereocenters. The number of hydrogen-bond acceptors (Lipinski definition) is 6. The Morgan fingerprint density at radius 2 is 1.68 bits per heavy atom. The number of rotatable bonds is 6. The lowest BCUT2D eigenvalue weighted by molar-refractivity contribution is 0.0555. The lowest BCUT2D eigenvalue weighted by atomic mass is 9.97. The van der Waals surface area contributed by atoms with E-state index in [0.717, 1.165) is 29.5 Å². The Balaban J connectivity index is 1.23. The smallest absolute Gasteiger partial charge is 0.262 e. The molecular formula is C23H23N3O4S. The highest BCUT2D eigenvalue weighted by molar-refractivity contribution is 7.18. The summed E-state index contributed by atoms with van der Waals surface area (Å²) in [6, 6.07) is 6.83. The first-order valence-electron chi connectivity index (χ1n) is 10.6. The molecular weight excluding hydrogens is 414 g/mol. The van der Waals surface area contributed by atoms with E-state index in [-0.39, 0.29) is 30.5 Å². The number of amides is 2. The van der Waals surface area contributed by atoms with Crippen LogP contribution >= 0.6 is 11.3 Å². The minimum Gasteiger partial charge on any atom is -0.378 e. The van der Waals surface area contributed by atoms with Gasteiger partial charge in [0.1, 0.15) is 10.7 Å². The number of aromatic nitrogens is 2. The average Bonchev–Trinajstić information content (AvgIpc) is 3.26. The Morgan fingerprint density at radius 3 is 2.42 bits per heavy atom. The van der Waals surface area contributed by atoms with Gasteiger partial charge in [-0.05, 0) is 50.3 Å². The summed E-state index contributed by atoms with van der Waals surface area (Å²) in [4.78, 5) is 46.0. The van der Waals surface area contributed by atoms with Gasteiger partial charge < -0.3 is 4.74 Å². The molecule has 0 fully saturated rings. The number of hydrogen-bond donors (Lipinski definition) is 0. The van der Waals surface area contributed by atoms with Gasteiger partial charge in [-0.3, -0.25) is 23.9 Å². The molecule has 5 rings (SSSR count). The van der Waals surface area contributed by atoms with Gasteiger partial charge in [0.15, 0.2) is 0 Å². The molecule has 0 spiro atoms. The second-order valence-electron chi connectivity index (χ2n) is 7.93. The van der Waals surface area contributed by atoms with E-state index in [1.54, 1.807) is 40.2 Å². The third-order valence-electron chi connectivity index (χ3n) is 6.06. The molecule has 0 radical (unpaired) electrons. The van der Waals surface area contributed by atoms with Crippen LogP contribution in [0, 0.1) is 6.92 Å². The Labute approximate surface area is 183 Å². The highest BCUT2D eigenvalue weighted by atomic mass is 32.1. The first-order valence-corrected chi connectivity index (χ1v) is 11.4. The normalized spacial score (nSPS) is 15.6. The van der Waals surface area contributed by atoms with E-state index < -0.39 is 0 Å². The fraction of sp³-hybridized carbons (Fsp3) is 0.391. The molecule has 3 aromatic rings. The Bertz CT molecular complexity index is 1220. The zero-order valence-electron chi connectivity index (χ0n) is 17.3. The fourth-order valence-electron chi connectivity index (χ4n) is 4.46. The van der Waals surface area contributed by atoms with Crippen LogP contribution in [0.15, 0.2) is 29.1 Å². The number of benzene rings is 1. The number of carbonyl (C=O) groups excluding carboxylic acids is 2. The predicted octanol–water partition coefficient (Wildman–Crippen LogP) is 2.96. The molecule has 2 amide bonds. The van der Waals surface area contributed by atoms with E-state index in [9.17, 15) is 14.4 Å². The molecule has 1 aliphatic heterocycles. The number of imide groups is 1. The van der Waals surface area contributed by atoms with Crippen LogP contribution in [0.5, 0.6) is 0 Å². The number of nitrogens with zero attached hydrogens (tertiary/aromatic N) is 3. The summed E-state index contributed by atoms with van der Waals surface area (Å²) in [5.74, 6) is 0.112. The number of ether oxygens (including phenoxy) is 1. The van der Waals surface area contributed by atoms with Crippen molar-refractivity contribution in [2.45, 2.75) is 39.2 Å². The third-order valence-corrected chi connectivity index (χ3v) is 7.25. The number of aryl methyl sites for hydroxylation is 3. The zero-order chi connectivity index (χ0) is 21.5. The lowest BCUT2D eigenvalue weighted by Gasteiger charge is -2.15. The summed E-state index contributed by atoms with van der Waals surface area (Å²) in [6.45, 7) is 2.96. The molecule has 1 aliphatic carbocycles. The van der Waals surface area contributed by atoms with Crippen molar-refractivity contribution in [3.63, 3.8) is 0 Å². The van der Waals surface area contributed by atoms with Gasteiger partial charge >= 0.3 is 0 Å². The van der Waals surface area contributed by atoms with E-state index in [0.29, 0.717) is 30.1 Å². The number of carbonyl (C=O) groups is 2. The third kappa shape index (κ3) is 3.40. The standard InChI is InChI=1S/C23H23N3O4S/c1-14-24-20-19(17-8-4-5-9-18(17)31-20)23(29)25(14)10-12-30-13-11-26-21(27)15-6-2-3-7-16(15)22(26)28/h2-3,6-7H,4-5,8-13H2,1H3. The Kier molecular flexibility index (Phi) is 5.19. The van der Waals surface area contributed by atoms with Crippen molar-refractivity contribution in [3.05, 3.63) is 62.0 Å². The molecule has 0 N–H and O–H groups in total. The zero-order valence-corrected chi connectivity index (χ0v) is 18.2. The fourth-order valence-corrected chi connectivity index (χ4v) is 5.76. The molecule has 0 saturated heterocycles. The molecule has 2 aliphatic rings. The number of thiophene rings is 1. The molecule has 3 heterocycles.